The van der Waals surface area contributed by atoms with Gasteiger partial charge in [-0.3, -0.25) is 0 Å². The van der Waals surface area contributed by atoms with E-state index in [1.54, 1.807) is 6.07 Å². The first-order valence-corrected chi connectivity index (χ1v) is 6.94. The Bertz CT molecular complexity index is 539. The number of halogens is 1. The summed E-state index contributed by atoms with van der Waals surface area (Å²) in [6.07, 6.45) is 1.85. The van der Waals surface area contributed by atoms with Crippen LogP contribution in [0, 0.1) is 5.82 Å². The smallest absolute Gasteiger partial charge is 0.136 e. The summed E-state index contributed by atoms with van der Waals surface area (Å²) in [4.78, 5) is 0. The lowest BCUT2D eigenvalue weighted by molar-refractivity contribution is 0.213. The second kappa shape index (κ2) is 7.06. The molecule has 20 heavy (non-hydrogen) atoms. The van der Waals surface area contributed by atoms with Crippen LogP contribution in [0.25, 0.3) is 0 Å². The van der Waals surface area contributed by atoms with Crippen molar-refractivity contribution in [3.63, 3.8) is 0 Å². The quantitative estimate of drug-likeness (QED) is 0.867. The fourth-order valence-corrected chi connectivity index (χ4v) is 2.15. The molecule has 2 N–H and O–H groups in total. The fraction of sp³-hybridized carbons (Fsp3) is 0.294. The Kier molecular flexibility index (Phi) is 5.13. The Morgan fingerprint density at radius 2 is 1.90 bits per heavy atom. The zero-order valence-electron chi connectivity index (χ0n) is 11.7. The number of benzene rings is 2. The Balaban J connectivity index is 2.09. The molecular weight excluding hydrogens is 253 g/mol. The molecule has 0 spiro atoms. The van der Waals surface area contributed by atoms with Gasteiger partial charge in [0.25, 0.3) is 0 Å². The lowest BCUT2D eigenvalue weighted by Gasteiger charge is -2.18. The summed E-state index contributed by atoms with van der Waals surface area (Å²) in [5.41, 5.74) is 7.77. The largest absolute Gasteiger partial charge is 0.484 e. The minimum absolute atomic E-state index is 0.275. The van der Waals surface area contributed by atoms with Crippen LogP contribution in [0.4, 0.5) is 4.39 Å². The van der Waals surface area contributed by atoms with E-state index in [2.05, 4.69) is 19.1 Å². The lowest BCUT2D eigenvalue weighted by atomic mass is 10.1. The Hall–Kier alpha value is -1.87. The van der Waals surface area contributed by atoms with Crippen molar-refractivity contribution in [1.29, 1.82) is 0 Å². The molecule has 3 heteroatoms. The summed E-state index contributed by atoms with van der Waals surface area (Å²) in [7, 11) is 0. The Morgan fingerprint density at radius 1 is 1.15 bits per heavy atom. The molecule has 0 aromatic heterocycles. The highest BCUT2D eigenvalue weighted by Crippen LogP contribution is 2.22. The minimum Gasteiger partial charge on any atom is -0.484 e. The predicted molar refractivity (Wildman–Crippen MR) is 79.3 cm³/mol. The van der Waals surface area contributed by atoms with E-state index in [0.29, 0.717) is 6.54 Å². The van der Waals surface area contributed by atoms with Crippen LogP contribution in [0.2, 0.25) is 0 Å². The maximum Gasteiger partial charge on any atom is 0.136 e. The van der Waals surface area contributed by atoms with E-state index in [1.807, 2.05) is 18.2 Å². The number of nitrogens with two attached hydrogens (primary N) is 1. The van der Waals surface area contributed by atoms with Gasteiger partial charge in [-0.05, 0) is 41.8 Å². The first kappa shape index (κ1) is 14.5. The van der Waals surface area contributed by atoms with Gasteiger partial charge >= 0.3 is 0 Å². The van der Waals surface area contributed by atoms with Crippen LogP contribution in [0.5, 0.6) is 5.75 Å². The van der Waals surface area contributed by atoms with E-state index in [4.69, 9.17) is 10.5 Å². The van der Waals surface area contributed by atoms with E-state index >= 15 is 0 Å². The van der Waals surface area contributed by atoms with Gasteiger partial charge in [-0.15, -0.1) is 0 Å². The molecule has 0 bridgehead atoms. The first-order valence-electron chi connectivity index (χ1n) is 6.94. The second-order valence-corrected chi connectivity index (χ2v) is 4.79. The normalized spacial score (nSPS) is 12.2. The van der Waals surface area contributed by atoms with Gasteiger partial charge in [0.05, 0.1) is 0 Å². The van der Waals surface area contributed by atoms with E-state index in [1.165, 1.54) is 17.7 Å². The summed E-state index contributed by atoms with van der Waals surface area (Å²) >= 11 is 0. The van der Waals surface area contributed by atoms with Crippen LogP contribution in [0.1, 0.15) is 30.6 Å². The number of rotatable bonds is 6. The highest BCUT2D eigenvalue weighted by Gasteiger charge is 2.12. The van der Waals surface area contributed by atoms with Crippen LogP contribution in [0.15, 0.2) is 48.5 Å². The molecule has 2 rings (SSSR count). The van der Waals surface area contributed by atoms with E-state index in [0.717, 1.165) is 24.2 Å². The van der Waals surface area contributed by atoms with Crippen molar-refractivity contribution < 1.29 is 9.13 Å². The third-order valence-electron chi connectivity index (χ3n) is 3.17. The second-order valence-electron chi connectivity index (χ2n) is 4.79. The zero-order valence-corrected chi connectivity index (χ0v) is 11.7. The van der Waals surface area contributed by atoms with Gasteiger partial charge in [0.15, 0.2) is 0 Å². The summed E-state index contributed by atoms with van der Waals surface area (Å²) in [6, 6.07) is 14.3. The molecule has 0 saturated heterocycles. The third-order valence-corrected chi connectivity index (χ3v) is 3.17. The molecule has 0 heterocycles. The minimum atomic E-state index is -0.331. The van der Waals surface area contributed by atoms with Crippen molar-refractivity contribution in [2.24, 2.45) is 5.73 Å². The van der Waals surface area contributed by atoms with Gasteiger partial charge in [0.2, 0.25) is 0 Å². The van der Waals surface area contributed by atoms with E-state index in [-0.39, 0.29) is 11.9 Å². The molecule has 0 amide bonds. The molecular formula is C17H20FNO. The molecule has 0 radical (unpaired) electrons. The average molecular weight is 273 g/mol. The molecule has 2 nitrogen and oxygen atoms in total. The van der Waals surface area contributed by atoms with E-state index < -0.39 is 0 Å². The van der Waals surface area contributed by atoms with Gasteiger partial charge in [0, 0.05) is 6.54 Å². The van der Waals surface area contributed by atoms with Gasteiger partial charge in [0.1, 0.15) is 17.7 Å². The number of hydrogen-bond acceptors (Lipinski definition) is 2. The molecule has 2 aromatic carbocycles. The summed E-state index contributed by atoms with van der Waals surface area (Å²) < 4.78 is 19.1. The summed E-state index contributed by atoms with van der Waals surface area (Å²) in [5, 5.41) is 0. The van der Waals surface area contributed by atoms with Crippen molar-refractivity contribution in [2.75, 3.05) is 6.54 Å². The van der Waals surface area contributed by atoms with Crippen molar-refractivity contribution in [2.45, 2.75) is 25.9 Å². The number of hydrogen-bond donors (Lipinski definition) is 1. The lowest BCUT2D eigenvalue weighted by Crippen LogP contribution is -2.18. The Labute approximate surface area is 119 Å². The molecule has 1 atom stereocenters. The van der Waals surface area contributed by atoms with Gasteiger partial charge in [-0.25, -0.2) is 4.39 Å². The van der Waals surface area contributed by atoms with Gasteiger partial charge in [-0.1, -0.05) is 37.6 Å². The Morgan fingerprint density at radius 3 is 2.50 bits per heavy atom. The average Bonchev–Trinajstić information content (AvgIpc) is 2.47. The van der Waals surface area contributed by atoms with Gasteiger partial charge in [-0.2, -0.15) is 0 Å². The third kappa shape index (κ3) is 3.81. The summed E-state index contributed by atoms with van der Waals surface area (Å²) in [6.45, 7) is 2.46. The molecule has 106 valence electrons. The molecule has 0 saturated carbocycles. The maximum absolute atomic E-state index is 13.2. The topological polar surface area (TPSA) is 35.2 Å². The predicted octanol–water partition coefficient (Wildman–Crippen LogP) is 3.86. The van der Waals surface area contributed by atoms with Crippen LogP contribution in [-0.2, 0) is 6.42 Å². The molecule has 2 aromatic rings. The molecule has 0 aliphatic heterocycles. The molecule has 0 aliphatic carbocycles. The van der Waals surface area contributed by atoms with Crippen molar-refractivity contribution in [3.8, 4) is 5.75 Å². The van der Waals surface area contributed by atoms with Crippen molar-refractivity contribution >= 4 is 0 Å². The van der Waals surface area contributed by atoms with E-state index in [9.17, 15) is 4.39 Å². The fourth-order valence-electron chi connectivity index (χ4n) is 2.15. The molecule has 0 aliphatic rings. The molecule has 1 unspecified atom stereocenters. The van der Waals surface area contributed by atoms with Crippen LogP contribution in [-0.4, -0.2) is 6.54 Å². The molecule has 0 fully saturated rings. The first-order chi connectivity index (χ1) is 9.72. The van der Waals surface area contributed by atoms with Crippen LogP contribution < -0.4 is 10.5 Å². The maximum atomic E-state index is 13.2. The monoisotopic (exact) mass is 273 g/mol. The SMILES string of the molecule is CCCc1ccc(OC(CN)c2cccc(F)c2)cc1. The van der Waals surface area contributed by atoms with Crippen molar-refractivity contribution in [3.05, 3.63) is 65.5 Å². The zero-order chi connectivity index (χ0) is 14.4. The van der Waals surface area contributed by atoms with Crippen LogP contribution in [0.3, 0.4) is 0 Å². The highest BCUT2D eigenvalue weighted by atomic mass is 19.1. The number of ether oxygens (including phenoxy) is 1. The standard InChI is InChI=1S/C17H20FNO/c1-2-4-13-7-9-16(10-8-13)20-17(12-19)14-5-3-6-15(18)11-14/h3,5-11,17H,2,4,12,19H2,1H3. The highest BCUT2D eigenvalue weighted by molar-refractivity contribution is 5.29. The van der Waals surface area contributed by atoms with Crippen molar-refractivity contribution in [1.82, 2.24) is 0 Å². The summed E-state index contributed by atoms with van der Waals surface area (Å²) in [5.74, 6) is 0.479. The van der Waals surface area contributed by atoms with Gasteiger partial charge < -0.3 is 10.5 Å². The van der Waals surface area contributed by atoms with Crippen LogP contribution >= 0.6 is 0 Å². The number of aryl methyl sites for hydroxylation is 1.